The van der Waals surface area contributed by atoms with Gasteiger partial charge in [-0.1, -0.05) is 0 Å². The molecule has 0 saturated heterocycles. The molecule has 1 aromatic rings. The lowest BCUT2D eigenvalue weighted by atomic mass is 10.1. The molecule has 5 nitrogen and oxygen atoms in total. The van der Waals surface area contributed by atoms with E-state index in [4.69, 9.17) is 20.8 Å². The van der Waals surface area contributed by atoms with Crippen molar-refractivity contribution in [3.05, 3.63) is 23.8 Å². The lowest BCUT2D eigenvalue weighted by Crippen LogP contribution is -2.14. The highest BCUT2D eigenvalue weighted by atomic mass is 16.5. The van der Waals surface area contributed by atoms with Crippen LogP contribution in [0.2, 0.25) is 0 Å². The van der Waals surface area contributed by atoms with Gasteiger partial charge >= 0.3 is 5.97 Å². The van der Waals surface area contributed by atoms with E-state index in [9.17, 15) is 4.79 Å². The summed E-state index contributed by atoms with van der Waals surface area (Å²) < 4.78 is 5.55. The molecule has 0 radical (unpaired) electrons. The quantitative estimate of drug-likeness (QED) is 0.775. The number of carboxylic acids is 1. The van der Waals surface area contributed by atoms with Crippen LogP contribution < -0.4 is 10.5 Å². The molecule has 5 heteroatoms. The number of nitrogen functional groups attached to an aromatic ring is 1. The lowest BCUT2D eigenvalue weighted by Gasteiger charge is -2.14. The molecular weight excluding hydrogens is 232 g/mol. The second kappa shape index (κ2) is 4.57. The van der Waals surface area contributed by atoms with Gasteiger partial charge in [-0.15, -0.1) is 0 Å². The van der Waals surface area contributed by atoms with E-state index in [1.807, 2.05) is 0 Å². The third-order valence-electron chi connectivity index (χ3n) is 3.18. The SMILES string of the molecule is N#CCC1(COc2cc(N)ccc2C(=O)O)CC1. The Labute approximate surface area is 105 Å². The first-order valence-corrected chi connectivity index (χ1v) is 5.69. The molecule has 0 aromatic heterocycles. The highest BCUT2D eigenvalue weighted by Gasteiger charge is 2.43. The van der Waals surface area contributed by atoms with Gasteiger partial charge in [0.1, 0.15) is 11.3 Å². The molecule has 1 fully saturated rings. The van der Waals surface area contributed by atoms with Crippen molar-refractivity contribution in [1.29, 1.82) is 5.26 Å². The van der Waals surface area contributed by atoms with E-state index < -0.39 is 5.97 Å². The van der Waals surface area contributed by atoms with Gasteiger partial charge in [0.15, 0.2) is 0 Å². The van der Waals surface area contributed by atoms with Crippen LogP contribution >= 0.6 is 0 Å². The van der Waals surface area contributed by atoms with Crippen LogP contribution in [0.25, 0.3) is 0 Å². The maximum Gasteiger partial charge on any atom is 0.339 e. The molecule has 0 bridgehead atoms. The highest BCUT2D eigenvalue weighted by molar-refractivity contribution is 5.91. The Bertz CT molecular complexity index is 515. The van der Waals surface area contributed by atoms with Gasteiger partial charge in [0.2, 0.25) is 0 Å². The molecule has 1 aromatic carbocycles. The largest absolute Gasteiger partial charge is 0.492 e. The minimum atomic E-state index is -1.05. The van der Waals surface area contributed by atoms with Gasteiger partial charge in [0, 0.05) is 23.6 Å². The fourth-order valence-corrected chi connectivity index (χ4v) is 1.78. The van der Waals surface area contributed by atoms with E-state index in [0.717, 1.165) is 12.8 Å². The van der Waals surface area contributed by atoms with Crippen LogP contribution in [0.1, 0.15) is 29.6 Å². The van der Waals surface area contributed by atoms with E-state index in [1.54, 1.807) is 0 Å². The maximum atomic E-state index is 11.0. The van der Waals surface area contributed by atoms with Gasteiger partial charge in [-0.25, -0.2) is 4.79 Å². The van der Waals surface area contributed by atoms with Crippen molar-refractivity contribution in [2.45, 2.75) is 19.3 Å². The molecule has 94 valence electrons. The average molecular weight is 246 g/mol. The second-order valence-corrected chi connectivity index (χ2v) is 4.68. The standard InChI is InChI=1S/C13H14N2O3/c14-6-5-13(3-4-13)8-18-11-7-9(15)1-2-10(11)12(16)17/h1-2,7H,3-5,8,15H2,(H,16,17). The summed E-state index contributed by atoms with van der Waals surface area (Å²) in [5, 5.41) is 17.7. The number of nitriles is 1. The van der Waals surface area contributed by atoms with Crippen LogP contribution in [0, 0.1) is 16.7 Å². The summed E-state index contributed by atoms with van der Waals surface area (Å²) in [6.07, 6.45) is 2.34. The van der Waals surface area contributed by atoms with E-state index in [2.05, 4.69) is 6.07 Å². The Morgan fingerprint density at radius 1 is 1.56 bits per heavy atom. The first-order valence-electron chi connectivity index (χ1n) is 5.69. The van der Waals surface area contributed by atoms with Crippen LogP contribution in [0.4, 0.5) is 5.69 Å². The number of aromatic carboxylic acids is 1. The normalized spacial score (nSPS) is 15.7. The molecule has 18 heavy (non-hydrogen) atoms. The monoisotopic (exact) mass is 246 g/mol. The van der Waals surface area contributed by atoms with Crippen molar-refractivity contribution in [2.75, 3.05) is 12.3 Å². The zero-order chi connectivity index (χ0) is 13.2. The zero-order valence-corrected chi connectivity index (χ0v) is 9.85. The Hall–Kier alpha value is -2.22. The fraction of sp³-hybridized carbons (Fsp3) is 0.385. The number of carboxylic acid groups (broad SMARTS) is 1. The molecule has 1 aliphatic carbocycles. The summed E-state index contributed by atoms with van der Waals surface area (Å²) in [6.45, 7) is 0.365. The molecule has 0 unspecified atom stereocenters. The Morgan fingerprint density at radius 3 is 2.83 bits per heavy atom. The summed E-state index contributed by atoms with van der Waals surface area (Å²) >= 11 is 0. The number of benzene rings is 1. The van der Waals surface area contributed by atoms with Crippen molar-refractivity contribution < 1.29 is 14.6 Å². The predicted molar refractivity (Wildman–Crippen MR) is 65.2 cm³/mol. The third-order valence-corrected chi connectivity index (χ3v) is 3.18. The minimum Gasteiger partial charge on any atom is -0.492 e. The molecule has 2 rings (SSSR count). The van der Waals surface area contributed by atoms with Crippen LogP contribution in [-0.4, -0.2) is 17.7 Å². The summed E-state index contributed by atoms with van der Waals surface area (Å²) in [5.74, 6) is -0.776. The Morgan fingerprint density at radius 2 is 2.28 bits per heavy atom. The highest BCUT2D eigenvalue weighted by Crippen LogP contribution is 2.48. The van der Waals surface area contributed by atoms with E-state index in [0.29, 0.717) is 18.7 Å². The smallest absolute Gasteiger partial charge is 0.339 e. The van der Waals surface area contributed by atoms with Crippen molar-refractivity contribution in [3.63, 3.8) is 0 Å². The third kappa shape index (κ3) is 2.54. The molecule has 1 saturated carbocycles. The minimum absolute atomic E-state index is 0.0882. The molecule has 0 amide bonds. The summed E-state index contributed by atoms with van der Waals surface area (Å²) in [6, 6.07) is 6.59. The molecule has 0 aliphatic heterocycles. The number of hydrogen-bond acceptors (Lipinski definition) is 4. The topological polar surface area (TPSA) is 96.3 Å². The van der Waals surface area contributed by atoms with E-state index >= 15 is 0 Å². The zero-order valence-electron chi connectivity index (χ0n) is 9.85. The predicted octanol–water partition coefficient (Wildman–Crippen LogP) is 2.04. The van der Waals surface area contributed by atoms with Crippen LogP contribution in [0.3, 0.4) is 0 Å². The Balaban J connectivity index is 2.11. The number of carbonyl (C=O) groups is 1. The Kier molecular flexibility index (Phi) is 3.11. The van der Waals surface area contributed by atoms with Gasteiger partial charge in [0.25, 0.3) is 0 Å². The van der Waals surface area contributed by atoms with Gasteiger partial charge in [0.05, 0.1) is 12.7 Å². The maximum absolute atomic E-state index is 11.0. The van der Waals surface area contributed by atoms with E-state index in [-0.39, 0.29) is 16.7 Å². The fourth-order valence-electron chi connectivity index (χ4n) is 1.78. The van der Waals surface area contributed by atoms with Gasteiger partial charge in [-0.05, 0) is 25.0 Å². The van der Waals surface area contributed by atoms with Crippen molar-refractivity contribution >= 4 is 11.7 Å². The average Bonchev–Trinajstić information content (AvgIpc) is 3.07. The van der Waals surface area contributed by atoms with Crippen LogP contribution in [0.5, 0.6) is 5.75 Å². The van der Waals surface area contributed by atoms with Gasteiger partial charge in [-0.2, -0.15) is 5.26 Å². The summed E-state index contributed by atoms with van der Waals surface area (Å²) in [4.78, 5) is 11.0. The molecule has 0 heterocycles. The number of anilines is 1. The van der Waals surface area contributed by atoms with Crippen molar-refractivity contribution in [1.82, 2.24) is 0 Å². The number of ether oxygens (including phenoxy) is 1. The summed E-state index contributed by atoms with van der Waals surface area (Å²) in [5.41, 5.74) is 6.08. The molecule has 0 atom stereocenters. The van der Waals surface area contributed by atoms with Crippen LogP contribution in [-0.2, 0) is 0 Å². The summed E-state index contributed by atoms with van der Waals surface area (Å²) in [7, 11) is 0. The number of hydrogen-bond donors (Lipinski definition) is 2. The van der Waals surface area contributed by atoms with Gasteiger partial charge in [-0.3, -0.25) is 0 Å². The molecule has 1 aliphatic rings. The van der Waals surface area contributed by atoms with Crippen molar-refractivity contribution in [3.8, 4) is 11.8 Å². The first-order chi connectivity index (χ1) is 8.56. The molecular formula is C13H14N2O3. The number of nitrogens with two attached hydrogens (primary N) is 1. The number of nitrogens with zero attached hydrogens (tertiary/aromatic N) is 1. The van der Waals surface area contributed by atoms with Crippen molar-refractivity contribution in [2.24, 2.45) is 5.41 Å². The van der Waals surface area contributed by atoms with E-state index in [1.165, 1.54) is 18.2 Å². The first kappa shape index (κ1) is 12.2. The molecule has 0 spiro atoms. The number of rotatable bonds is 5. The second-order valence-electron chi connectivity index (χ2n) is 4.68. The lowest BCUT2D eigenvalue weighted by molar-refractivity contribution is 0.0691. The van der Waals surface area contributed by atoms with Gasteiger partial charge < -0.3 is 15.6 Å². The van der Waals surface area contributed by atoms with Crippen LogP contribution in [0.15, 0.2) is 18.2 Å². The molecule has 3 N–H and O–H groups in total.